The van der Waals surface area contributed by atoms with Gasteiger partial charge in [-0.25, -0.2) is 14.4 Å². The molecule has 0 saturated carbocycles. The summed E-state index contributed by atoms with van der Waals surface area (Å²) in [7, 11) is 0. The number of nitrogens with zero attached hydrogens (tertiary/aromatic N) is 2. The van der Waals surface area contributed by atoms with Gasteiger partial charge in [0.25, 0.3) is 0 Å². The maximum Gasteiger partial charge on any atom is 0.220 e. The van der Waals surface area contributed by atoms with Crippen LogP contribution in [0.25, 0.3) is 11.3 Å². The maximum atomic E-state index is 12.9. The lowest BCUT2D eigenvalue weighted by Gasteiger charge is -2.12. The van der Waals surface area contributed by atoms with E-state index in [-0.39, 0.29) is 17.7 Å². The standard InChI is InChI=1S/C13H13FIN3/c1-7(2)11-10(15)12(18-13(16)17-11)8-3-5-9(14)6-4-8/h3-7H,1-2H3,(H2,16,17,18). The third kappa shape index (κ3) is 2.60. The molecule has 0 bridgehead atoms. The number of hydrogen-bond donors (Lipinski definition) is 1. The molecule has 0 radical (unpaired) electrons. The molecule has 94 valence electrons. The summed E-state index contributed by atoms with van der Waals surface area (Å²) >= 11 is 2.21. The SMILES string of the molecule is CC(C)c1nc(N)nc(-c2ccc(F)cc2)c1I. The average molecular weight is 357 g/mol. The lowest BCUT2D eigenvalue weighted by molar-refractivity contribution is 0.628. The molecule has 1 heterocycles. The van der Waals surface area contributed by atoms with E-state index in [1.54, 1.807) is 12.1 Å². The summed E-state index contributed by atoms with van der Waals surface area (Å²) in [6, 6.07) is 6.23. The molecule has 0 atom stereocenters. The van der Waals surface area contributed by atoms with E-state index >= 15 is 0 Å². The Hall–Kier alpha value is -1.24. The van der Waals surface area contributed by atoms with Gasteiger partial charge in [-0.1, -0.05) is 13.8 Å². The van der Waals surface area contributed by atoms with Gasteiger partial charge < -0.3 is 5.73 Å². The minimum Gasteiger partial charge on any atom is -0.368 e. The van der Waals surface area contributed by atoms with E-state index in [1.165, 1.54) is 12.1 Å². The smallest absolute Gasteiger partial charge is 0.220 e. The number of hydrogen-bond acceptors (Lipinski definition) is 3. The van der Waals surface area contributed by atoms with Gasteiger partial charge in [-0.15, -0.1) is 0 Å². The van der Waals surface area contributed by atoms with Gasteiger partial charge in [-0.2, -0.15) is 0 Å². The Balaban J connectivity index is 2.60. The third-order valence-electron chi connectivity index (χ3n) is 2.56. The van der Waals surface area contributed by atoms with Crippen molar-refractivity contribution in [3.8, 4) is 11.3 Å². The monoisotopic (exact) mass is 357 g/mol. The second-order valence-corrected chi connectivity index (χ2v) is 5.37. The minimum absolute atomic E-state index is 0.249. The molecule has 5 heteroatoms. The van der Waals surface area contributed by atoms with Crippen LogP contribution in [-0.2, 0) is 0 Å². The first kappa shape index (κ1) is 13.2. The molecule has 2 rings (SSSR count). The molecule has 0 aliphatic carbocycles. The highest BCUT2D eigenvalue weighted by molar-refractivity contribution is 14.1. The topological polar surface area (TPSA) is 51.8 Å². The van der Waals surface area contributed by atoms with E-state index in [9.17, 15) is 4.39 Å². The number of nitrogen functional groups attached to an aromatic ring is 1. The van der Waals surface area contributed by atoms with E-state index in [0.717, 1.165) is 20.5 Å². The quantitative estimate of drug-likeness (QED) is 0.836. The van der Waals surface area contributed by atoms with Crippen molar-refractivity contribution >= 4 is 28.5 Å². The molecule has 0 saturated heterocycles. The summed E-state index contributed by atoms with van der Waals surface area (Å²) in [4.78, 5) is 8.51. The van der Waals surface area contributed by atoms with Crippen LogP contribution in [0.2, 0.25) is 0 Å². The Morgan fingerprint density at radius 2 is 1.78 bits per heavy atom. The number of benzene rings is 1. The van der Waals surface area contributed by atoms with Gasteiger partial charge in [0.15, 0.2) is 0 Å². The molecule has 18 heavy (non-hydrogen) atoms. The number of nitrogens with two attached hydrogens (primary N) is 1. The number of halogens is 2. The summed E-state index contributed by atoms with van der Waals surface area (Å²) in [5.41, 5.74) is 8.25. The van der Waals surface area contributed by atoms with Crippen LogP contribution >= 0.6 is 22.6 Å². The Morgan fingerprint density at radius 1 is 1.17 bits per heavy atom. The van der Waals surface area contributed by atoms with Crippen molar-refractivity contribution < 1.29 is 4.39 Å². The van der Waals surface area contributed by atoms with Crippen LogP contribution in [0.1, 0.15) is 25.5 Å². The van der Waals surface area contributed by atoms with Crippen LogP contribution in [0.3, 0.4) is 0 Å². The fourth-order valence-corrected chi connectivity index (χ4v) is 2.84. The number of rotatable bonds is 2. The molecule has 0 aliphatic rings. The fourth-order valence-electron chi connectivity index (χ4n) is 1.66. The first-order chi connectivity index (χ1) is 8.49. The average Bonchev–Trinajstić information content (AvgIpc) is 2.32. The van der Waals surface area contributed by atoms with E-state index in [2.05, 4.69) is 46.4 Å². The van der Waals surface area contributed by atoms with Gasteiger partial charge in [0.2, 0.25) is 5.95 Å². The van der Waals surface area contributed by atoms with Crippen molar-refractivity contribution in [2.75, 3.05) is 5.73 Å². The number of anilines is 1. The molecule has 1 aromatic heterocycles. The van der Waals surface area contributed by atoms with E-state index in [1.807, 2.05) is 0 Å². The largest absolute Gasteiger partial charge is 0.368 e. The van der Waals surface area contributed by atoms with Gasteiger partial charge in [-0.05, 0) is 52.8 Å². The Labute approximate surface area is 119 Å². The first-order valence-corrected chi connectivity index (χ1v) is 6.65. The van der Waals surface area contributed by atoms with Crippen LogP contribution < -0.4 is 5.73 Å². The van der Waals surface area contributed by atoms with E-state index < -0.39 is 0 Å². The maximum absolute atomic E-state index is 12.9. The normalized spacial score (nSPS) is 10.9. The van der Waals surface area contributed by atoms with Crippen LogP contribution in [0.15, 0.2) is 24.3 Å². The third-order valence-corrected chi connectivity index (χ3v) is 3.62. The van der Waals surface area contributed by atoms with Gasteiger partial charge in [0.05, 0.1) is 15.0 Å². The Bertz CT molecular complexity index is 567. The summed E-state index contributed by atoms with van der Waals surface area (Å²) in [6.07, 6.45) is 0. The molecule has 0 unspecified atom stereocenters. The molecular weight excluding hydrogens is 344 g/mol. The second-order valence-electron chi connectivity index (χ2n) is 4.29. The minimum atomic E-state index is -0.264. The molecular formula is C13H13FIN3. The second kappa shape index (κ2) is 5.17. The molecule has 0 aliphatic heterocycles. The summed E-state index contributed by atoms with van der Waals surface area (Å²) in [6.45, 7) is 4.11. The molecule has 2 N–H and O–H groups in total. The zero-order chi connectivity index (χ0) is 13.3. The molecule has 0 fully saturated rings. The van der Waals surface area contributed by atoms with Crippen LogP contribution in [-0.4, -0.2) is 9.97 Å². The predicted octanol–water partition coefficient (Wildman–Crippen LogP) is 3.59. The lowest BCUT2D eigenvalue weighted by Crippen LogP contribution is -2.06. The van der Waals surface area contributed by atoms with Gasteiger partial charge in [-0.3, -0.25) is 0 Å². The van der Waals surface area contributed by atoms with Crippen molar-refractivity contribution in [2.24, 2.45) is 0 Å². The summed E-state index contributed by atoms with van der Waals surface area (Å²) in [5, 5.41) is 0. The summed E-state index contributed by atoms with van der Waals surface area (Å²) in [5.74, 6) is 0.250. The fraction of sp³-hybridized carbons (Fsp3) is 0.231. The molecule has 0 spiro atoms. The van der Waals surface area contributed by atoms with E-state index in [4.69, 9.17) is 5.73 Å². The highest BCUT2D eigenvalue weighted by Gasteiger charge is 2.15. The van der Waals surface area contributed by atoms with Gasteiger partial charge in [0, 0.05) is 5.56 Å². The van der Waals surface area contributed by atoms with Crippen LogP contribution in [0.5, 0.6) is 0 Å². The Kier molecular flexibility index (Phi) is 3.79. The summed E-state index contributed by atoms with van der Waals surface area (Å²) < 4.78 is 13.9. The van der Waals surface area contributed by atoms with Gasteiger partial charge in [0.1, 0.15) is 5.82 Å². The van der Waals surface area contributed by atoms with E-state index in [0.29, 0.717) is 0 Å². The highest BCUT2D eigenvalue weighted by Crippen LogP contribution is 2.29. The van der Waals surface area contributed by atoms with Crippen LogP contribution in [0.4, 0.5) is 10.3 Å². The molecule has 0 amide bonds. The lowest BCUT2D eigenvalue weighted by atomic mass is 10.1. The Morgan fingerprint density at radius 3 is 2.33 bits per heavy atom. The van der Waals surface area contributed by atoms with Gasteiger partial charge >= 0.3 is 0 Å². The van der Waals surface area contributed by atoms with Crippen molar-refractivity contribution in [3.05, 3.63) is 39.3 Å². The zero-order valence-electron chi connectivity index (χ0n) is 10.1. The van der Waals surface area contributed by atoms with Crippen LogP contribution in [0, 0.1) is 9.39 Å². The van der Waals surface area contributed by atoms with Crippen molar-refractivity contribution in [3.63, 3.8) is 0 Å². The highest BCUT2D eigenvalue weighted by atomic mass is 127. The van der Waals surface area contributed by atoms with Crippen molar-refractivity contribution in [1.29, 1.82) is 0 Å². The molecule has 3 nitrogen and oxygen atoms in total. The molecule has 2 aromatic rings. The number of aromatic nitrogens is 2. The zero-order valence-corrected chi connectivity index (χ0v) is 12.3. The first-order valence-electron chi connectivity index (χ1n) is 5.58. The molecule has 1 aromatic carbocycles. The van der Waals surface area contributed by atoms with Crippen molar-refractivity contribution in [2.45, 2.75) is 19.8 Å². The van der Waals surface area contributed by atoms with Crippen molar-refractivity contribution in [1.82, 2.24) is 9.97 Å². The predicted molar refractivity (Wildman–Crippen MR) is 78.6 cm³/mol.